The quantitative estimate of drug-likeness (QED) is 0.324. The SMILES string of the molecule is CCn1nccc1C(=O)N[C@H](c1cn2nc(CC3(C(=O)OC)C(=O)NC4CC3C4)ccc2n1)C1CCC(C)CC1.[HH].[HH]. The largest absolute Gasteiger partial charge is 0.468 e. The Morgan fingerprint density at radius 3 is 2.70 bits per heavy atom. The number of imidazole rings is 1. The van der Waals surface area contributed by atoms with Crippen molar-refractivity contribution in [3.63, 3.8) is 0 Å². The fourth-order valence-electron chi connectivity index (χ4n) is 6.89. The molecule has 0 radical (unpaired) electrons. The van der Waals surface area contributed by atoms with Crippen LogP contribution in [-0.4, -0.2) is 55.3 Å². The van der Waals surface area contributed by atoms with E-state index in [1.165, 1.54) is 7.11 Å². The number of hydrogen-bond acceptors (Lipinski definition) is 7. The van der Waals surface area contributed by atoms with Crippen molar-refractivity contribution >= 4 is 23.4 Å². The topological polar surface area (TPSA) is 133 Å². The van der Waals surface area contributed by atoms with Crippen LogP contribution in [0.15, 0.2) is 30.6 Å². The number of carbonyl (C=O) groups is 3. The molecule has 5 heterocycles. The Hall–Kier alpha value is -3.76. The second kappa shape index (κ2) is 10.3. The number of hydrogen-bond donors (Lipinski definition) is 2. The number of nitrogens with one attached hydrogen (secondary N) is 2. The molecule has 11 nitrogen and oxygen atoms in total. The Bertz CT molecular complexity index is 1430. The van der Waals surface area contributed by atoms with Crippen LogP contribution in [0.1, 0.15) is 83.1 Å². The third kappa shape index (κ3) is 4.45. The predicted octanol–water partition coefficient (Wildman–Crippen LogP) is 3.35. The zero-order chi connectivity index (χ0) is 28.0. The molecule has 2 saturated carbocycles. The molecule has 216 valence electrons. The van der Waals surface area contributed by atoms with Gasteiger partial charge in [-0.05, 0) is 68.6 Å². The van der Waals surface area contributed by atoms with E-state index >= 15 is 0 Å². The summed E-state index contributed by atoms with van der Waals surface area (Å²) in [5.41, 5.74) is 1.26. The fraction of sp³-hybridized carbons (Fsp3) is 0.586. The van der Waals surface area contributed by atoms with E-state index in [9.17, 15) is 14.4 Å². The summed E-state index contributed by atoms with van der Waals surface area (Å²) in [6, 6.07) is 5.29. The number of nitrogens with zero attached hydrogens (tertiary/aromatic N) is 5. The van der Waals surface area contributed by atoms with Gasteiger partial charge in [-0.1, -0.05) is 19.8 Å². The number of esters is 1. The van der Waals surface area contributed by atoms with E-state index in [1.54, 1.807) is 21.5 Å². The number of ether oxygens (including phenoxy) is 1. The minimum absolute atomic E-state index is 0. The van der Waals surface area contributed by atoms with Gasteiger partial charge in [0.25, 0.3) is 5.91 Å². The molecule has 2 atom stereocenters. The molecule has 0 aromatic carbocycles. The lowest BCUT2D eigenvalue weighted by Crippen LogP contribution is -2.67. The molecule has 1 unspecified atom stereocenters. The maximum Gasteiger partial charge on any atom is 0.322 e. The van der Waals surface area contributed by atoms with Gasteiger partial charge in [-0.25, -0.2) is 9.50 Å². The van der Waals surface area contributed by atoms with Gasteiger partial charge in [0.2, 0.25) is 5.91 Å². The van der Waals surface area contributed by atoms with Crippen LogP contribution < -0.4 is 10.6 Å². The van der Waals surface area contributed by atoms with E-state index < -0.39 is 11.4 Å². The van der Waals surface area contributed by atoms with Crippen molar-refractivity contribution in [1.29, 1.82) is 0 Å². The maximum absolute atomic E-state index is 13.4. The molecular weight excluding hydrogens is 510 g/mol. The number of aryl methyl sites for hydroxylation is 1. The van der Waals surface area contributed by atoms with Crippen molar-refractivity contribution in [2.75, 3.05) is 7.11 Å². The highest BCUT2D eigenvalue weighted by atomic mass is 16.5. The van der Waals surface area contributed by atoms with Crippen LogP contribution in [0.3, 0.4) is 0 Å². The first kappa shape index (κ1) is 26.5. The number of carbonyl (C=O) groups excluding carboxylic acids is 3. The van der Waals surface area contributed by atoms with Gasteiger partial charge >= 0.3 is 5.97 Å². The summed E-state index contributed by atoms with van der Waals surface area (Å²) in [5, 5.41) is 15.3. The Morgan fingerprint density at radius 2 is 2.00 bits per heavy atom. The summed E-state index contributed by atoms with van der Waals surface area (Å²) in [6.07, 6.45) is 9.45. The van der Waals surface area contributed by atoms with E-state index in [0.29, 0.717) is 29.5 Å². The number of methoxy groups -OCH3 is 1. The molecular formula is C29H41N7O4. The van der Waals surface area contributed by atoms with Crippen LogP contribution >= 0.6 is 0 Å². The van der Waals surface area contributed by atoms with Crippen molar-refractivity contribution in [1.82, 2.24) is 35.0 Å². The maximum atomic E-state index is 13.4. The monoisotopic (exact) mass is 551 g/mol. The number of aromatic nitrogens is 5. The van der Waals surface area contributed by atoms with Gasteiger partial charge in [0.1, 0.15) is 5.69 Å². The second-order valence-corrected chi connectivity index (χ2v) is 11.8. The molecule has 2 aliphatic carbocycles. The van der Waals surface area contributed by atoms with Gasteiger partial charge in [-0.2, -0.15) is 10.2 Å². The zero-order valence-corrected chi connectivity index (χ0v) is 23.3. The van der Waals surface area contributed by atoms with Gasteiger partial charge in [0.15, 0.2) is 11.1 Å². The molecule has 3 aromatic rings. The zero-order valence-electron chi connectivity index (χ0n) is 23.3. The van der Waals surface area contributed by atoms with Crippen molar-refractivity contribution in [3.8, 4) is 0 Å². The number of amides is 2. The highest BCUT2D eigenvalue weighted by Crippen LogP contribution is 2.49. The molecule has 0 spiro atoms. The smallest absolute Gasteiger partial charge is 0.322 e. The minimum atomic E-state index is -1.27. The summed E-state index contributed by atoms with van der Waals surface area (Å²) in [4.78, 5) is 44.2. The van der Waals surface area contributed by atoms with Gasteiger partial charge in [-0.3, -0.25) is 19.1 Å². The van der Waals surface area contributed by atoms with Crippen LogP contribution in [0.5, 0.6) is 0 Å². The van der Waals surface area contributed by atoms with Crippen LogP contribution in [0.25, 0.3) is 5.65 Å². The molecule has 2 bridgehead atoms. The van der Waals surface area contributed by atoms with Crippen molar-refractivity contribution in [2.45, 2.75) is 77.4 Å². The van der Waals surface area contributed by atoms with E-state index in [2.05, 4.69) is 22.7 Å². The number of rotatable bonds is 8. The molecule has 7 rings (SSSR count). The first-order valence-corrected chi connectivity index (χ1v) is 14.4. The first-order chi connectivity index (χ1) is 19.3. The Kier molecular flexibility index (Phi) is 6.83. The summed E-state index contributed by atoms with van der Waals surface area (Å²) >= 11 is 0. The number of fused-ring (bicyclic) bond motifs is 3. The summed E-state index contributed by atoms with van der Waals surface area (Å²) in [5.74, 6) is -0.0926. The normalized spacial score (nSPS) is 28.4. The van der Waals surface area contributed by atoms with Crippen LogP contribution in [0.4, 0.5) is 0 Å². The average molecular weight is 552 g/mol. The Morgan fingerprint density at radius 1 is 1.23 bits per heavy atom. The Balaban J connectivity index is 0.00000202. The van der Waals surface area contributed by atoms with Crippen molar-refractivity contribution in [2.24, 2.45) is 23.2 Å². The minimum Gasteiger partial charge on any atom is -0.468 e. The van der Waals surface area contributed by atoms with E-state index in [0.717, 1.165) is 44.2 Å². The van der Waals surface area contributed by atoms with Gasteiger partial charge in [0, 0.05) is 28.1 Å². The predicted molar refractivity (Wildman–Crippen MR) is 149 cm³/mol. The average Bonchev–Trinajstić information content (AvgIpc) is 3.59. The number of piperidine rings is 2. The van der Waals surface area contributed by atoms with Gasteiger partial charge < -0.3 is 15.4 Å². The van der Waals surface area contributed by atoms with Crippen LogP contribution in [0, 0.1) is 23.2 Å². The molecule has 4 aliphatic rings. The lowest BCUT2D eigenvalue weighted by molar-refractivity contribution is -0.173. The molecule has 2 saturated heterocycles. The molecule has 2 amide bonds. The first-order valence-electron chi connectivity index (χ1n) is 14.4. The molecule has 3 aromatic heterocycles. The van der Waals surface area contributed by atoms with Gasteiger partial charge in [-0.15, -0.1) is 0 Å². The second-order valence-electron chi connectivity index (χ2n) is 11.8. The lowest BCUT2D eigenvalue weighted by Gasteiger charge is -2.52. The third-order valence-electron chi connectivity index (χ3n) is 9.36. The van der Waals surface area contributed by atoms with Crippen LogP contribution in [0.2, 0.25) is 0 Å². The van der Waals surface area contributed by atoms with E-state index in [1.807, 2.05) is 25.3 Å². The molecule has 4 fully saturated rings. The van der Waals surface area contributed by atoms with E-state index in [-0.39, 0.29) is 45.0 Å². The summed E-state index contributed by atoms with van der Waals surface area (Å²) < 4.78 is 8.50. The van der Waals surface area contributed by atoms with Crippen molar-refractivity contribution < 1.29 is 22.0 Å². The highest BCUT2D eigenvalue weighted by Gasteiger charge is 2.61. The highest BCUT2D eigenvalue weighted by molar-refractivity contribution is 6.04. The molecule has 40 heavy (non-hydrogen) atoms. The van der Waals surface area contributed by atoms with Crippen LogP contribution in [-0.2, 0) is 27.3 Å². The van der Waals surface area contributed by atoms with Gasteiger partial charge in [0.05, 0.1) is 30.7 Å². The molecule has 11 heteroatoms. The standard InChI is InChI=1S/C29H37N7O4.2H2/c1-4-35-23(11-12-30-35)26(37)33-25(18-7-5-17(2)6-8-18)22-16-36-24(32-22)10-9-20(34-36)15-29(28(39)40-3)19-13-21(14-19)31-27(29)38;;/h9-12,16-19,21,25H,4-8,13-15H2,1-3H3,(H,31,38)(H,33,37);2*1H/t17?,18?,19?,21?,25-,29?;;/m0../s1. The lowest BCUT2D eigenvalue weighted by atomic mass is 9.57. The molecule has 2 aliphatic heterocycles. The third-order valence-corrected chi connectivity index (χ3v) is 9.36. The van der Waals surface area contributed by atoms with E-state index in [4.69, 9.17) is 14.8 Å². The summed E-state index contributed by atoms with van der Waals surface area (Å²) in [6.45, 7) is 4.84. The fourth-order valence-corrected chi connectivity index (χ4v) is 6.89. The Labute approximate surface area is 236 Å². The van der Waals surface area contributed by atoms with Crippen molar-refractivity contribution in [3.05, 3.63) is 47.7 Å². The molecule has 2 N–H and O–H groups in total. The summed E-state index contributed by atoms with van der Waals surface area (Å²) in [7, 11) is 1.33.